The van der Waals surface area contributed by atoms with Gasteiger partial charge < -0.3 is 15.4 Å². The van der Waals surface area contributed by atoms with Crippen molar-refractivity contribution in [2.24, 2.45) is 0 Å². The van der Waals surface area contributed by atoms with E-state index in [-0.39, 0.29) is 18.0 Å². The van der Waals surface area contributed by atoms with Crippen molar-refractivity contribution in [2.45, 2.75) is 32.7 Å². The SMILES string of the molecule is COC(=O)c1ccnc(CNC(=O)Nc2ccc(C(C)(C)C)cc2)c1. The monoisotopic (exact) mass is 341 g/mol. The number of hydrogen-bond donors (Lipinski definition) is 2. The highest BCUT2D eigenvalue weighted by molar-refractivity contribution is 5.90. The second-order valence-corrected chi connectivity index (χ2v) is 6.66. The summed E-state index contributed by atoms with van der Waals surface area (Å²) in [5.41, 5.74) is 2.94. The Morgan fingerprint density at radius 1 is 1.12 bits per heavy atom. The molecule has 0 aliphatic heterocycles. The lowest BCUT2D eigenvalue weighted by Gasteiger charge is -2.19. The number of rotatable bonds is 4. The number of esters is 1. The van der Waals surface area contributed by atoms with Gasteiger partial charge in [-0.05, 0) is 35.2 Å². The highest BCUT2D eigenvalue weighted by Gasteiger charge is 2.13. The predicted octanol–water partition coefficient (Wildman–Crippen LogP) is 3.49. The Morgan fingerprint density at radius 2 is 1.80 bits per heavy atom. The molecule has 132 valence electrons. The van der Waals surface area contributed by atoms with Crippen molar-refractivity contribution in [1.29, 1.82) is 0 Å². The van der Waals surface area contributed by atoms with Gasteiger partial charge in [-0.2, -0.15) is 0 Å². The first-order valence-corrected chi connectivity index (χ1v) is 7.98. The quantitative estimate of drug-likeness (QED) is 0.834. The number of urea groups is 1. The molecule has 25 heavy (non-hydrogen) atoms. The molecule has 1 aromatic heterocycles. The van der Waals surface area contributed by atoms with E-state index in [1.165, 1.54) is 18.9 Å². The third-order valence-corrected chi connectivity index (χ3v) is 3.68. The number of hydrogen-bond acceptors (Lipinski definition) is 4. The zero-order valence-electron chi connectivity index (χ0n) is 14.9. The average Bonchev–Trinajstić information content (AvgIpc) is 2.59. The number of carbonyl (C=O) groups excluding carboxylic acids is 2. The minimum Gasteiger partial charge on any atom is -0.465 e. The maximum absolute atomic E-state index is 12.0. The van der Waals surface area contributed by atoms with Gasteiger partial charge in [0.1, 0.15) is 0 Å². The van der Waals surface area contributed by atoms with Gasteiger partial charge in [0.05, 0.1) is 24.9 Å². The second kappa shape index (κ2) is 7.79. The first kappa shape index (κ1) is 18.4. The van der Waals surface area contributed by atoms with Gasteiger partial charge >= 0.3 is 12.0 Å². The van der Waals surface area contributed by atoms with E-state index in [9.17, 15) is 9.59 Å². The molecule has 0 aliphatic carbocycles. The molecule has 0 bridgehead atoms. The van der Waals surface area contributed by atoms with E-state index in [0.29, 0.717) is 16.9 Å². The standard InChI is InChI=1S/C19H23N3O3/c1-19(2,3)14-5-7-15(8-6-14)22-18(24)21-12-16-11-13(9-10-20-16)17(23)25-4/h5-11H,12H2,1-4H3,(H2,21,22,24). The molecule has 0 aliphatic rings. The fourth-order valence-electron chi connectivity index (χ4n) is 2.22. The molecule has 6 nitrogen and oxygen atoms in total. The molecule has 0 radical (unpaired) electrons. The summed E-state index contributed by atoms with van der Waals surface area (Å²) in [6.45, 7) is 6.61. The molecule has 2 N–H and O–H groups in total. The lowest BCUT2D eigenvalue weighted by Crippen LogP contribution is -2.28. The Bertz CT molecular complexity index is 749. The van der Waals surface area contributed by atoms with Gasteiger partial charge in [0.15, 0.2) is 0 Å². The molecule has 0 saturated heterocycles. The first-order chi connectivity index (χ1) is 11.8. The van der Waals surface area contributed by atoms with Crippen LogP contribution in [0.25, 0.3) is 0 Å². The van der Waals surface area contributed by atoms with Crippen molar-refractivity contribution in [3.8, 4) is 0 Å². The molecule has 0 spiro atoms. The Labute approximate surface area is 147 Å². The van der Waals surface area contributed by atoms with Crippen LogP contribution < -0.4 is 10.6 Å². The molecule has 0 atom stereocenters. The summed E-state index contributed by atoms with van der Waals surface area (Å²) in [5, 5.41) is 5.48. The lowest BCUT2D eigenvalue weighted by atomic mass is 9.87. The predicted molar refractivity (Wildman–Crippen MR) is 96.6 cm³/mol. The fourth-order valence-corrected chi connectivity index (χ4v) is 2.22. The van der Waals surface area contributed by atoms with Crippen LogP contribution in [-0.2, 0) is 16.7 Å². The van der Waals surface area contributed by atoms with Gasteiger partial charge in [-0.25, -0.2) is 9.59 Å². The van der Waals surface area contributed by atoms with Crippen LogP contribution in [0.15, 0.2) is 42.6 Å². The number of anilines is 1. The number of ether oxygens (including phenoxy) is 1. The zero-order valence-corrected chi connectivity index (χ0v) is 14.9. The Hall–Kier alpha value is -2.89. The summed E-state index contributed by atoms with van der Waals surface area (Å²) in [6, 6.07) is 10.5. The molecule has 1 heterocycles. The van der Waals surface area contributed by atoms with Crippen LogP contribution in [-0.4, -0.2) is 24.1 Å². The fraction of sp³-hybridized carbons (Fsp3) is 0.316. The highest BCUT2D eigenvalue weighted by Crippen LogP contribution is 2.23. The van der Waals surface area contributed by atoms with E-state index in [4.69, 9.17) is 0 Å². The normalized spacial score (nSPS) is 10.9. The Kier molecular flexibility index (Phi) is 5.75. The van der Waals surface area contributed by atoms with Crippen LogP contribution in [0.2, 0.25) is 0 Å². The summed E-state index contributed by atoms with van der Waals surface area (Å²) in [4.78, 5) is 27.6. The number of carbonyl (C=O) groups is 2. The smallest absolute Gasteiger partial charge is 0.337 e. The number of nitrogens with zero attached hydrogens (tertiary/aromatic N) is 1. The maximum Gasteiger partial charge on any atom is 0.337 e. The average molecular weight is 341 g/mol. The number of amides is 2. The number of aromatic nitrogens is 1. The minimum absolute atomic E-state index is 0.0666. The van der Waals surface area contributed by atoms with Crippen LogP contribution in [0.4, 0.5) is 10.5 Å². The molecule has 6 heteroatoms. The van der Waals surface area contributed by atoms with Crippen molar-refractivity contribution >= 4 is 17.7 Å². The Morgan fingerprint density at radius 3 is 2.40 bits per heavy atom. The maximum atomic E-state index is 12.0. The van der Waals surface area contributed by atoms with Crippen LogP contribution in [0.1, 0.15) is 42.4 Å². The topological polar surface area (TPSA) is 80.3 Å². The van der Waals surface area contributed by atoms with Crippen molar-refractivity contribution in [1.82, 2.24) is 10.3 Å². The van der Waals surface area contributed by atoms with E-state index in [0.717, 1.165) is 0 Å². The van der Waals surface area contributed by atoms with Crippen LogP contribution in [0, 0.1) is 0 Å². The zero-order chi connectivity index (χ0) is 18.4. The van der Waals surface area contributed by atoms with Crippen LogP contribution in [0.5, 0.6) is 0 Å². The van der Waals surface area contributed by atoms with Gasteiger partial charge in [-0.1, -0.05) is 32.9 Å². The Balaban J connectivity index is 1.92. The minimum atomic E-state index is -0.438. The van der Waals surface area contributed by atoms with Gasteiger partial charge in [-0.3, -0.25) is 4.98 Å². The summed E-state index contributed by atoms with van der Waals surface area (Å²) in [5.74, 6) is -0.438. The molecule has 2 aromatic rings. The molecular weight excluding hydrogens is 318 g/mol. The van der Waals surface area contributed by atoms with E-state index < -0.39 is 5.97 Å². The van der Waals surface area contributed by atoms with Crippen LogP contribution >= 0.6 is 0 Å². The third kappa shape index (κ3) is 5.31. The molecule has 1 aromatic carbocycles. The van der Waals surface area contributed by atoms with E-state index in [2.05, 4.69) is 41.1 Å². The molecule has 0 saturated carbocycles. The van der Waals surface area contributed by atoms with Crippen LogP contribution in [0.3, 0.4) is 0 Å². The van der Waals surface area contributed by atoms with Gasteiger partial charge in [-0.15, -0.1) is 0 Å². The summed E-state index contributed by atoms with van der Waals surface area (Å²) < 4.78 is 4.66. The van der Waals surface area contributed by atoms with Crippen molar-refractivity contribution in [3.63, 3.8) is 0 Å². The third-order valence-electron chi connectivity index (χ3n) is 3.68. The lowest BCUT2D eigenvalue weighted by molar-refractivity contribution is 0.0600. The molecule has 2 amide bonds. The number of nitrogens with one attached hydrogen (secondary N) is 2. The van der Waals surface area contributed by atoms with E-state index in [1.54, 1.807) is 12.1 Å². The van der Waals surface area contributed by atoms with E-state index in [1.807, 2.05) is 24.3 Å². The van der Waals surface area contributed by atoms with E-state index >= 15 is 0 Å². The number of methoxy groups -OCH3 is 1. The second-order valence-electron chi connectivity index (χ2n) is 6.66. The molecule has 2 rings (SSSR count). The van der Waals surface area contributed by atoms with Gasteiger partial charge in [0.2, 0.25) is 0 Å². The highest BCUT2D eigenvalue weighted by atomic mass is 16.5. The molecule has 0 fully saturated rings. The van der Waals surface area contributed by atoms with Gasteiger partial charge in [0.25, 0.3) is 0 Å². The summed E-state index contributed by atoms with van der Waals surface area (Å²) in [7, 11) is 1.32. The van der Waals surface area contributed by atoms with Gasteiger partial charge in [0, 0.05) is 11.9 Å². The summed E-state index contributed by atoms with van der Waals surface area (Å²) in [6.07, 6.45) is 1.51. The number of pyridine rings is 1. The van der Waals surface area contributed by atoms with Crippen molar-refractivity contribution in [3.05, 3.63) is 59.4 Å². The molecule has 0 unspecified atom stereocenters. The first-order valence-electron chi connectivity index (χ1n) is 7.98. The van der Waals surface area contributed by atoms with Crippen molar-refractivity contribution in [2.75, 3.05) is 12.4 Å². The largest absolute Gasteiger partial charge is 0.465 e. The van der Waals surface area contributed by atoms with Crippen molar-refractivity contribution < 1.29 is 14.3 Å². The summed E-state index contributed by atoms with van der Waals surface area (Å²) >= 11 is 0. The molecular formula is C19H23N3O3. The number of benzene rings is 1.